The van der Waals surface area contributed by atoms with E-state index in [0.29, 0.717) is 6.54 Å². The third kappa shape index (κ3) is 7.61. The molecule has 156 valence electrons. The summed E-state index contributed by atoms with van der Waals surface area (Å²) in [7, 11) is 0. The average Bonchev–Trinajstić information content (AvgIpc) is 2.66. The number of aliphatic carboxylic acids is 1. The second-order valence-electron chi connectivity index (χ2n) is 6.36. The zero-order valence-corrected chi connectivity index (χ0v) is 15.8. The van der Waals surface area contributed by atoms with Gasteiger partial charge in [-0.2, -0.15) is 0 Å². The Hall–Kier alpha value is -2.53. The van der Waals surface area contributed by atoms with Gasteiger partial charge in [-0.05, 0) is 25.5 Å². The van der Waals surface area contributed by atoms with E-state index in [2.05, 4.69) is 16.0 Å². The van der Waals surface area contributed by atoms with E-state index < -0.39 is 42.0 Å². The molecule has 0 aliphatic rings. The molecule has 1 unspecified atom stereocenters. The number of hydrogen-bond acceptors (Lipinski definition) is 7. The van der Waals surface area contributed by atoms with Gasteiger partial charge >= 0.3 is 5.97 Å². The molecule has 0 aliphatic carbocycles. The van der Waals surface area contributed by atoms with Crippen molar-refractivity contribution >= 4 is 17.8 Å². The molecule has 2 amide bonds. The highest BCUT2D eigenvalue weighted by molar-refractivity contribution is 5.92. The summed E-state index contributed by atoms with van der Waals surface area (Å²) in [5, 5.41) is 26.7. The summed E-state index contributed by atoms with van der Waals surface area (Å²) in [5.41, 5.74) is 11.9. The third-order valence-electron chi connectivity index (χ3n) is 4.08. The van der Waals surface area contributed by atoms with Crippen molar-refractivity contribution in [3.8, 4) is 0 Å². The number of benzene rings is 1. The number of carboxylic acid groups (broad SMARTS) is 1. The molecular weight excluding hydrogens is 366 g/mol. The molecule has 0 saturated heterocycles. The number of carboxylic acids is 1. The van der Waals surface area contributed by atoms with Gasteiger partial charge < -0.3 is 37.6 Å². The number of nitrogens with two attached hydrogens (primary N) is 2. The fourth-order valence-corrected chi connectivity index (χ4v) is 2.46. The minimum absolute atomic E-state index is 0.0194. The molecule has 0 heterocycles. The van der Waals surface area contributed by atoms with Gasteiger partial charge in [-0.3, -0.25) is 9.59 Å². The monoisotopic (exact) mass is 395 g/mol. The highest BCUT2D eigenvalue weighted by Gasteiger charge is 2.31. The van der Waals surface area contributed by atoms with Crippen molar-refractivity contribution < 1.29 is 24.6 Å². The van der Waals surface area contributed by atoms with Crippen molar-refractivity contribution in [1.82, 2.24) is 16.0 Å². The van der Waals surface area contributed by atoms with Gasteiger partial charge in [-0.15, -0.1) is 0 Å². The first-order chi connectivity index (χ1) is 13.3. The summed E-state index contributed by atoms with van der Waals surface area (Å²) in [4.78, 5) is 36.0. The van der Waals surface area contributed by atoms with Crippen LogP contribution in [0.25, 0.3) is 0 Å². The molecule has 4 atom stereocenters. The quantitative estimate of drug-likeness (QED) is 0.210. The lowest BCUT2D eigenvalue weighted by Gasteiger charge is -2.25. The Kier molecular flexibility index (Phi) is 10.1. The highest BCUT2D eigenvalue weighted by atomic mass is 16.4. The first-order valence-electron chi connectivity index (χ1n) is 8.99. The Bertz CT molecular complexity index is 641. The molecule has 0 spiro atoms. The summed E-state index contributed by atoms with van der Waals surface area (Å²) in [6, 6.07) is 6.02. The Morgan fingerprint density at radius 2 is 1.68 bits per heavy atom. The van der Waals surface area contributed by atoms with Gasteiger partial charge in [0.2, 0.25) is 11.8 Å². The van der Waals surface area contributed by atoms with E-state index in [4.69, 9.17) is 16.6 Å². The van der Waals surface area contributed by atoms with E-state index in [1.165, 1.54) is 6.92 Å². The Morgan fingerprint density at radius 1 is 1.04 bits per heavy atom. The fraction of sp³-hybridized carbons (Fsp3) is 0.500. The second kappa shape index (κ2) is 12.0. The Labute approximate surface area is 163 Å². The summed E-state index contributed by atoms with van der Waals surface area (Å²) >= 11 is 0. The van der Waals surface area contributed by atoms with Crippen LogP contribution in [0.4, 0.5) is 0 Å². The van der Waals surface area contributed by atoms with Crippen LogP contribution in [0.2, 0.25) is 0 Å². The van der Waals surface area contributed by atoms with E-state index in [0.717, 1.165) is 5.56 Å². The smallest absolute Gasteiger partial charge is 0.326 e. The number of amides is 2. The van der Waals surface area contributed by atoms with Crippen LogP contribution < -0.4 is 27.4 Å². The lowest BCUT2D eigenvalue weighted by Crippen LogP contribution is -2.59. The minimum atomic E-state index is -1.33. The van der Waals surface area contributed by atoms with E-state index in [9.17, 15) is 19.5 Å². The van der Waals surface area contributed by atoms with Crippen LogP contribution in [-0.4, -0.2) is 65.3 Å². The van der Waals surface area contributed by atoms with Gasteiger partial charge in [0.15, 0.2) is 0 Å². The molecule has 28 heavy (non-hydrogen) atoms. The van der Waals surface area contributed by atoms with Crippen LogP contribution in [-0.2, 0) is 20.9 Å². The highest BCUT2D eigenvalue weighted by Crippen LogP contribution is 2.01. The summed E-state index contributed by atoms with van der Waals surface area (Å²) in [6.07, 6.45) is -1.23. The first kappa shape index (κ1) is 23.5. The van der Waals surface area contributed by atoms with Crippen molar-refractivity contribution in [3.63, 3.8) is 0 Å². The summed E-state index contributed by atoms with van der Waals surface area (Å²) in [5.74, 6) is -2.65. The molecule has 9 N–H and O–H groups in total. The van der Waals surface area contributed by atoms with Gasteiger partial charge in [-0.25, -0.2) is 4.79 Å². The largest absolute Gasteiger partial charge is 0.480 e. The normalized spacial score (nSPS) is 15.1. The van der Waals surface area contributed by atoms with E-state index in [1.54, 1.807) is 0 Å². The first-order valence-corrected chi connectivity index (χ1v) is 8.99. The number of carbonyl (C=O) groups is 3. The van der Waals surface area contributed by atoms with Crippen molar-refractivity contribution in [2.75, 3.05) is 13.1 Å². The molecule has 10 heteroatoms. The van der Waals surface area contributed by atoms with Crippen LogP contribution in [0, 0.1) is 0 Å². The Balaban J connectivity index is 2.72. The number of aliphatic hydroxyl groups excluding tert-OH is 1. The van der Waals surface area contributed by atoms with Crippen molar-refractivity contribution in [1.29, 1.82) is 0 Å². The topological polar surface area (TPSA) is 180 Å². The maximum atomic E-state index is 12.5. The molecular formula is C18H29N5O5. The van der Waals surface area contributed by atoms with Crippen LogP contribution in [0.1, 0.15) is 18.9 Å². The molecule has 0 saturated carbocycles. The summed E-state index contributed by atoms with van der Waals surface area (Å²) < 4.78 is 0. The molecule has 0 fully saturated rings. The second-order valence-corrected chi connectivity index (χ2v) is 6.36. The molecule has 0 aliphatic heterocycles. The van der Waals surface area contributed by atoms with E-state index in [1.807, 2.05) is 30.3 Å². The zero-order chi connectivity index (χ0) is 21.1. The number of aliphatic hydroxyl groups is 1. The minimum Gasteiger partial charge on any atom is -0.480 e. The average molecular weight is 395 g/mol. The third-order valence-corrected chi connectivity index (χ3v) is 4.08. The van der Waals surface area contributed by atoms with E-state index in [-0.39, 0.29) is 19.5 Å². The predicted molar refractivity (Wildman–Crippen MR) is 103 cm³/mol. The number of nitrogens with one attached hydrogen (secondary N) is 3. The van der Waals surface area contributed by atoms with Crippen molar-refractivity contribution in [2.24, 2.45) is 11.5 Å². The zero-order valence-electron chi connectivity index (χ0n) is 15.8. The van der Waals surface area contributed by atoms with E-state index >= 15 is 0 Å². The number of rotatable bonds is 12. The molecule has 1 aromatic rings. The van der Waals surface area contributed by atoms with Gasteiger partial charge in [0, 0.05) is 13.1 Å². The van der Waals surface area contributed by atoms with Crippen LogP contribution in [0.3, 0.4) is 0 Å². The number of carbonyl (C=O) groups excluding carboxylic acids is 2. The van der Waals surface area contributed by atoms with Crippen LogP contribution in [0.5, 0.6) is 0 Å². The molecule has 0 radical (unpaired) electrons. The van der Waals surface area contributed by atoms with Gasteiger partial charge in [-0.1, -0.05) is 30.3 Å². The maximum Gasteiger partial charge on any atom is 0.326 e. The molecule has 1 aromatic carbocycles. The molecule has 10 nitrogen and oxygen atoms in total. The lowest BCUT2D eigenvalue weighted by atomic mass is 10.1. The van der Waals surface area contributed by atoms with Crippen LogP contribution in [0.15, 0.2) is 30.3 Å². The van der Waals surface area contributed by atoms with Gasteiger partial charge in [0.05, 0.1) is 12.1 Å². The molecule has 0 bridgehead atoms. The standard InChI is InChI=1S/C18H29N5O5/c1-11(24)15(17(26)22-13(7-8-19)18(27)28)23-16(25)14(9-20)21-10-12-5-3-2-4-6-12/h2-6,11,13-15,21,24H,7-10,19-20H2,1H3,(H,22,26)(H,23,25)(H,27,28)/t11?,13-,14-,15-/m0/s1. The van der Waals surface area contributed by atoms with Crippen molar-refractivity contribution in [3.05, 3.63) is 35.9 Å². The predicted octanol–water partition coefficient (Wildman–Crippen LogP) is -2.11. The van der Waals surface area contributed by atoms with Gasteiger partial charge in [0.1, 0.15) is 12.1 Å². The lowest BCUT2D eigenvalue weighted by molar-refractivity contribution is -0.143. The van der Waals surface area contributed by atoms with Gasteiger partial charge in [0.25, 0.3) is 0 Å². The Morgan fingerprint density at radius 3 is 2.18 bits per heavy atom. The number of hydrogen-bond donors (Lipinski definition) is 7. The SMILES string of the molecule is CC(O)[C@H](NC(=O)[C@H](CN)NCc1ccccc1)C(=O)N[C@@H](CCN)C(=O)O. The molecule has 1 rings (SSSR count). The maximum absolute atomic E-state index is 12.5. The fourth-order valence-electron chi connectivity index (χ4n) is 2.46. The molecule has 0 aromatic heterocycles. The van der Waals surface area contributed by atoms with Crippen LogP contribution >= 0.6 is 0 Å². The summed E-state index contributed by atoms with van der Waals surface area (Å²) in [6.45, 7) is 1.73. The van der Waals surface area contributed by atoms with Crippen molar-refractivity contribution in [2.45, 2.75) is 44.1 Å².